The van der Waals surface area contributed by atoms with E-state index in [9.17, 15) is 9.59 Å². The molecule has 23 heavy (non-hydrogen) atoms. The fourth-order valence-corrected chi connectivity index (χ4v) is 2.87. The quantitative estimate of drug-likeness (QED) is 0.752. The van der Waals surface area contributed by atoms with E-state index >= 15 is 0 Å². The molecule has 3 aromatic rings. The van der Waals surface area contributed by atoms with Crippen LogP contribution in [0.3, 0.4) is 0 Å². The number of fused-ring (bicyclic) bond motifs is 1. The van der Waals surface area contributed by atoms with E-state index in [1.54, 1.807) is 23.6 Å². The summed E-state index contributed by atoms with van der Waals surface area (Å²) in [4.78, 5) is 30.6. The number of hydrogen-bond acceptors (Lipinski definition) is 6. The Hall–Kier alpha value is -2.45. The molecule has 2 aromatic heterocycles. The van der Waals surface area contributed by atoms with Gasteiger partial charge in [-0.05, 0) is 29.7 Å². The number of aromatic amines is 1. The number of ether oxygens (including phenoxy) is 1. The van der Waals surface area contributed by atoms with Gasteiger partial charge in [0.1, 0.15) is 17.1 Å². The normalized spacial score (nSPS) is 10.7. The van der Waals surface area contributed by atoms with Crippen LogP contribution < -0.4 is 15.6 Å². The number of amides is 1. The maximum Gasteiger partial charge on any atom is 0.278 e. The van der Waals surface area contributed by atoms with Crippen molar-refractivity contribution in [3.63, 3.8) is 0 Å². The number of nitrogens with zero attached hydrogens (tertiary/aromatic N) is 2. The van der Waals surface area contributed by atoms with Crippen molar-refractivity contribution >= 4 is 45.8 Å². The minimum absolute atomic E-state index is 0.0648. The van der Waals surface area contributed by atoms with E-state index in [0.29, 0.717) is 22.0 Å². The van der Waals surface area contributed by atoms with E-state index in [-0.39, 0.29) is 29.2 Å². The van der Waals surface area contributed by atoms with Crippen LogP contribution in [-0.2, 0) is 11.2 Å². The van der Waals surface area contributed by atoms with Gasteiger partial charge in [0.05, 0.1) is 18.6 Å². The first-order valence-electron chi connectivity index (χ1n) is 6.53. The lowest BCUT2D eigenvalue weighted by Crippen LogP contribution is -2.19. The maximum atomic E-state index is 12.1. The summed E-state index contributed by atoms with van der Waals surface area (Å²) in [6.45, 7) is 0. The zero-order chi connectivity index (χ0) is 16.4. The van der Waals surface area contributed by atoms with Crippen LogP contribution >= 0.6 is 23.1 Å². The Morgan fingerprint density at radius 2 is 2.30 bits per heavy atom. The van der Waals surface area contributed by atoms with Crippen LogP contribution in [0.4, 0.5) is 5.69 Å². The molecule has 0 saturated carbocycles. The molecule has 0 aliphatic rings. The number of aromatic nitrogens is 3. The van der Waals surface area contributed by atoms with Crippen LogP contribution in [-0.4, -0.2) is 27.4 Å². The van der Waals surface area contributed by atoms with E-state index in [1.807, 2.05) is 0 Å². The molecule has 0 unspecified atom stereocenters. The molecule has 0 radical (unpaired) electrons. The van der Waals surface area contributed by atoms with Gasteiger partial charge in [-0.3, -0.25) is 9.59 Å². The lowest BCUT2D eigenvalue weighted by molar-refractivity contribution is -0.115. The van der Waals surface area contributed by atoms with Gasteiger partial charge in [-0.25, -0.2) is 4.98 Å². The highest BCUT2D eigenvalue weighted by molar-refractivity contribution is 7.04. The first kappa shape index (κ1) is 15.4. The maximum absolute atomic E-state index is 12.1. The lowest BCUT2D eigenvalue weighted by Gasteiger charge is -2.08. The number of rotatable bonds is 4. The minimum atomic E-state index is -0.355. The summed E-state index contributed by atoms with van der Waals surface area (Å²) in [5.74, 6) is 0.475. The summed E-state index contributed by atoms with van der Waals surface area (Å²) in [7, 11) is 1.51. The molecule has 7 nitrogen and oxygen atoms in total. The Labute approximate surface area is 139 Å². The molecule has 0 aliphatic carbocycles. The minimum Gasteiger partial charge on any atom is -0.495 e. The molecule has 3 rings (SSSR count). The predicted molar refractivity (Wildman–Crippen MR) is 88.4 cm³/mol. The average molecular weight is 351 g/mol. The van der Waals surface area contributed by atoms with E-state index in [0.717, 1.165) is 11.5 Å². The van der Waals surface area contributed by atoms with Crippen LogP contribution in [0.1, 0.15) is 5.82 Å². The third kappa shape index (κ3) is 3.33. The van der Waals surface area contributed by atoms with Crippen LogP contribution in [0.2, 0.25) is 5.02 Å². The molecular weight excluding hydrogens is 340 g/mol. The van der Waals surface area contributed by atoms with Gasteiger partial charge in [0.2, 0.25) is 5.91 Å². The fourth-order valence-electron chi connectivity index (χ4n) is 2.02. The summed E-state index contributed by atoms with van der Waals surface area (Å²) in [5, 5.41) is 4.74. The second-order valence-electron chi connectivity index (χ2n) is 4.64. The molecule has 0 saturated heterocycles. The number of H-pyrrole nitrogens is 1. The highest BCUT2D eigenvalue weighted by Crippen LogP contribution is 2.27. The Kier molecular flexibility index (Phi) is 4.26. The SMILES string of the molecule is COc1ccc(NC(=O)Cc2nc3csnc3c(=O)[nH]2)cc1Cl. The number of anilines is 1. The van der Waals surface area contributed by atoms with Crippen LogP contribution in [0.15, 0.2) is 28.4 Å². The Morgan fingerprint density at radius 3 is 3.04 bits per heavy atom. The molecule has 1 aromatic carbocycles. The average Bonchev–Trinajstić information content (AvgIpc) is 2.96. The molecule has 0 aliphatic heterocycles. The van der Waals surface area contributed by atoms with Gasteiger partial charge in [0.15, 0.2) is 5.52 Å². The van der Waals surface area contributed by atoms with Gasteiger partial charge in [0, 0.05) is 11.1 Å². The third-order valence-corrected chi connectivity index (χ3v) is 3.95. The third-order valence-electron chi connectivity index (χ3n) is 3.04. The number of halogens is 1. The summed E-state index contributed by atoms with van der Waals surface area (Å²) in [6.07, 6.45) is -0.0648. The second-order valence-corrected chi connectivity index (χ2v) is 5.67. The molecular formula is C14H11ClN4O3S. The van der Waals surface area contributed by atoms with Crippen molar-refractivity contribution in [3.8, 4) is 5.75 Å². The van der Waals surface area contributed by atoms with Crippen molar-refractivity contribution in [2.24, 2.45) is 0 Å². The number of carbonyl (C=O) groups excluding carboxylic acids is 1. The van der Waals surface area contributed by atoms with E-state index in [1.165, 1.54) is 7.11 Å². The van der Waals surface area contributed by atoms with Gasteiger partial charge in [-0.2, -0.15) is 4.37 Å². The van der Waals surface area contributed by atoms with Crippen molar-refractivity contribution in [1.29, 1.82) is 0 Å². The Morgan fingerprint density at radius 1 is 1.48 bits per heavy atom. The van der Waals surface area contributed by atoms with Crippen molar-refractivity contribution in [2.45, 2.75) is 6.42 Å². The first-order chi connectivity index (χ1) is 11.1. The highest BCUT2D eigenvalue weighted by atomic mass is 35.5. The van der Waals surface area contributed by atoms with Gasteiger partial charge in [-0.15, -0.1) is 0 Å². The molecule has 9 heteroatoms. The number of benzene rings is 1. The van der Waals surface area contributed by atoms with Gasteiger partial charge in [0.25, 0.3) is 5.56 Å². The monoisotopic (exact) mass is 350 g/mol. The van der Waals surface area contributed by atoms with Gasteiger partial charge >= 0.3 is 0 Å². The lowest BCUT2D eigenvalue weighted by atomic mass is 10.3. The smallest absolute Gasteiger partial charge is 0.278 e. The molecule has 0 spiro atoms. The van der Waals surface area contributed by atoms with Crippen molar-refractivity contribution in [1.82, 2.24) is 14.3 Å². The fraction of sp³-hybridized carbons (Fsp3) is 0.143. The predicted octanol–water partition coefficient (Wildman–Crippen LogP) is 2.22. The Balaban J connectivity index is 1.75. The van der Waals surface area contributed by atoms with Crippen LogP contribution in [0, 0.1) is 0 Å². The largest absolute Gasteiger partial charge is 0.495 e. The standard InChI is InChI=1S/C14H11ClN4O3S/c1-22-10-3-2-7(4-8(10)15)16-12(20)5-11-17-9-6-23-19-13(9)14(21)18-11/h2-4,6H,5H2,1H3,(H,16,20)(H,17,18,21). The van der Waals surface area contributed by atoms with E-state index < -0.39 is 0 Å². The zero-order valence-corrected chi connectivity index (χ0v) is 13.5. The summed E-state index contributed by atoms with van der Waals surface area (Å²) < 4.78 is 8.99. The molecule has 0 atom stereocenters. The van der Waals surface area contributed by atoms with Crippen molar-refractivity contribution in [3.05, 3.63) is 44.8 Å². The topological polar surface area (TPSA) is 97.0 Å². The highest BCUT2D eigenvalue weighted by Gasteiger charge is 2.11. The van der Waals surface area contributed by atoms with Gasteiger partial charge < -0.3 is 15.0 Å². The number of carbonyl (C=O) groups is 1. The van der Waals surface area contributed by atoms with E-state index in [4.69, 9.17) is 16.3 Å². The number of methoxy groups -OCH3 is 1. The Bertz CT molecular complexity index is 937. The number of nitrogens with one attached hydrogen (secondary N) is 2. The van der Waals surface area contributed by atoms with Crippen molar-refractivity contribution < 1.29 is 9.53 Å². The molecule has 2 N–H and O–H groups in total. The van der Waals surface area contributed by atoms with Crippen LogP contribution in [0.25, 0.3) is 11.0 Å². The zero-order valence-electron chi connectivity index (χ0n) is 11.9. The summed E-state index contributed by atoms with van der Waals surface area (Å²) in [5.41, 5.74) is 0.933. The molecule has 1 amide bonds. The van der Waals surface area contributed by atoms with Crippen LogP contribution in [0.5, 0.6) is 5.75 Å². The van der Waals surface area contributed by atoms with Crippen molar-refractivity contribution in [2.75, 3.05) is 12.4 Å². The molecule has 118 valence electrons. The molecule has 2 heterocycles. The molecule has 0 bridgehead atoms. The molecule has 0 fully saturated rings. The van der Waals surface area contributed by atoms with E-state index in [2.05, 4.69) is 19.7 Å². The number of hydrogen-bond donors (Lipinski definition) is 2. The second kappa shape index (κ2) is 6.35. The summed E-state index contributed by atoms with van der Waals surface area (Å²) >= 11 is 7.15. The summed E-state index contributed by atoms with van der Waals surface area (Å²) in [6, 6.07) is 4.91. The first-order valence-corrected chi connectivity index (χ1v) is 7.75. The van der Waals surface area contributed by atoms with Gasteiger partial charge in [-0.1, -0.05) is 11.6 Å².